The molecule has 9 heteroatoms. The van der Waals surface area contributed by atoms with Gasteiger partial charge in [0.25, 0.3) is 5.91 Å². The van der Waals surface area contributed by atoms with Crippen LogP contribution in [0.5, 0.6) is 5.75 Å². The molecule has 2 aliphatic heterocycles. The lowest BCUT2D eigenvalue weighted by Gasteiger charge is -2.36. The molecule has 0 aliphatic carbocycles. The Kier molecular flexibility index (Phi) is 9.88. The Morgan fingerprint density at radius 1 is 1.18 bits per heavy atom. The molecule has 2 heterocycles. The van der Waals surface area contributed by atoms with Crippen molar-refractivity contribution in [1.29, 1.82) is 5.26 Å². The minimum Gasteiger partial charge on any atom is -0.492 e. The van der Waals surface area contributed by atoms with Crippen LogP contribution in [0.25, 0.3) is 11.1 Å². The molecular formula is C31H38F2N4O3. The maximum absolute atomic E-state index is 14.9. The summed E-state index contributed by atoms with van der Waals surface area (Å²) in [6.07, 6.45) is 4.25. The van der Waals surface area contributed by atoms with E-state index in [1.165, 1.54) is 12.1 Å². The van der Waals surface area contributed by atoms with Gasteiger partial charge in [0.2, 0.25) is 5.91 Å². The van der Waals surface area contributed by atoms with E-state index in [0.717, 1.165) is 32.4 Å². The zero-order chi connectivity index (χ0) is 28.7. The number of likely N-dealkylation sites (tertiary alicyclic amines) is 1. The normalized spacial score (nSPS) is 18.3. The number of ether oxygens (including phenoxy) is 1. The first kappa shape index (κ1) is 29.6. The molecule has 2 amide bonds. The molecule has 0 radical (unpaired) electrons. The maximum Gasteiger partial charge on any atom is 0.261 e. The molecule has 2 aromatic carbocycles. The molecule has 40 heavy (non-hydrogen) atoms. The standard InChI is InChI=1S/C31H38F2N4O3/c1-3-31(33,4-2)20-37-15-12-21(13-16-37)19-40-27-11-10-22(17-23(27)18-34)24-7-5-8-25(32)28(24)30(39)36-29(38)26-9-6-14-35-26/h5,7-8,10-11,17,21,26,35H,3-4,6,9,12-16,19-20H2,1-2H3,(H,36,38,39)/t26-/m0/s1. The van der Waals surface area contributed by atoms with Gasteiger partial charge in [0.05, 0.1) is 23.8 Å². The van der Waals surface area contributed by atoms with E-state index in [2.05, 4.69) is 21.6 Å². The van der Waals surface area contributed by atoms with Crippen LogP contribution in [0.3, 0.4) is 0 Å². The van der Waals surface area contributed by atoms with Crippen molar-refractivity contribution in [3.05, 3.63) is 53.3 Å². The van der Waals surface area contributed by atoms with Crippen molar-refractivity contribution >= 4 is 11.8 Å². The second kappa shape index (κ2) is 13.3. The van der Waals surface area contributed by atoms with Crippen molar-refractivity contribution in [2.24, 2.45) is 5.92 Å². The largest absolute Gasteiger partial charge is 0.492 e. The predicted molar refractivity (Wildman–Crippen MR) is 149 cm³/mol. The van der Waals surface area contributed by atoms with Gasteiger partial charge >= 0.3 is 0 Å². The third-order valence-electron chi connectivity index (χ3n) is 8.22. The van der Waals surface area contributed by atoms with E-state index in [9.17, 15) is 23.6 Å². The van der Waals surface area contributed by atoms with Gasteiger partial charge in [-0.3, -0.25) is 14.9 Å². The van der Waals surface area contributed by atoms with Crippen molar-refractivity contribution in [2.75, 3.05) is 32.8 Å². The Morgan fingerprint density at radius 2 is 1.93 bits per heavy atom. The summed E-state index contributed by atoms with van der Waals surface area (Å²) < 4.78 is 35.7. The van der Waals surface area contributed by atoms with Gasteiger partial charge in [-0.05, 0) is 93.4 Å². The molecule has 0 spiro atoms. The Hall–Kier alpha value is -3.35. The molecule has 2 saturated heterocycles. The lowest BCUT2D eigenvalue weighted by molar-refractivity contribution is -0.121. The average molecular weight is 553 g/mol. The summed E-state index contributed by atoms with van der Waals surface area (Å²) in [6, 6.07) is 10.8. The van der Waals surface area contributed by atoms with Crippen LogP contribution in [0.15, 0.2) is 36.4 Å². The topological polar surface area (TPSA) is 94.5 Å². The number of hydrogen-bond acceptors (Lipinski definition) is 6. The fraction of sp³-hybridized carbons (Fsp3) is 0.516. The lowest BCUT2D eigenvalue weighted by Crippen LogP contribution is -2.44. The quantitative estimate of drug-likeness (QED) is 0.404. The highest BCUT2D eigenvalue weighted by atomic mass is 19.1. The fourth-order valence-corrected chi connectivity index (χ4v) is 5.47. The van der Waals surface area contributed by atoms with Crippen LogP contribution in [0.4, 0.5) is 8.78 Å². The van der Waals surface area contributed by atoms with Crippen LogP contribution in [-0.2, 0) is 4.79 Å². The number of nitrogens with zero attached hydrogens (tertiary/aromatic N) is 2. The van der Waals surface area contributed by atoms with Crippen LogP contribution in [-0.4, -0.2) is 61.2 Å². The molecular weight excluding hydrogens is 514 g/mol. The number of carbonyl (C=O) groups is 2. The molecule has 0 unspecified atom stereocenters. The minimum absolute atomic E-state index is 0.249. The van der Waals surface area contributed by atoms with Crippen molar-refractivity contribution in [3.8, 4) is 22.9 Å². The van der Waals surface area contributed by atoms with Gasteiger partial charge in [-0.2, -0.15) is 5.26 Å². The molecule has 4 rings (SSSR count). The summed E-state index contributed by atoms with van der Waals surface area (Å²) in [7, 11) is 0. The lowest BCUT2D eigenvalue weighted by atomic mass is 9.94. The van der Waals surface area contributed by atoms with Crippen LogP contribution >= 0.6 is 0 Å². The van der Waals surface area contributed by atoms with E-state index in [1.807, 2.05) is 13.8 Å². The summed E-state index contributed by atoms with van der Waals surface area (Å²) in [5, 5.41) is 15.1. The molecule has 2 fully saturated rings. The van der Waals surface area contributed by atoms with Gasteiger partial charge in [0.15, 0.2) is 0 Å². The van der Waals surface area contributed by atoms with Crippen LogP contribution in [0.1, 0.15) is 68.3 Å². The zero-order valence-electron chi connectivity index (χ0n) is 23.3. The van der Waals surface area contributed by atoms with Gasteiger partial charge < -0.3 is 15.0 Å². The molecule has 2 aliphatic rings. The number of imide groups is 1. The first-order valence-electron chi connectivity index (χ1n) is 14.2. The summed E-state index contributed by atoms with van der Waals surface area (Å²) in [4.78, 5) is 27.6. The van der Waals surface area contributed by atoms with E-state index in [1.54, 1.807) is 24.3 Å². The number of rotatable bonds is 10. The molecule has 0 saturated carbocycles. The Bertz CT molecular complexity index is 1240. The van der Waals surface area contributed by atoms with Crippen LogP contribution < -0.4 is 15.4 Å². The monoisotopic (exact) mass is 552 g/mol. The van der Waals surface area contributed by atoms with Gasteiger partial charge in [0.1, 0.15) is 23.3 Å². The molecule has 0 aromatic heterocycles. The number of benzene rings is 2. The van der Waals surface area contributed by atoms with Crippen molar-refractivity contribution in [1.82, 2.24) is 15.5 Å². The van der Waals surface area contributed by atoms with E-state index < -0.39 is 29.3 Å². The smallest absolute Gasteiger partial charge is 0.261 e. The number of alkyl halides is 1. The number of hydrogen-bond donors (Lipinski definition) is 2. The van der Waals surface area contributed by atoms with Gasteiger partial charge in [-0.25, -0.2) is 8.78 Å². The molecule has 214 valence electrons. The number of amides is 2. The third-order valence-corrected chi connectivity index (χ3v) is 8.22. The number of piperidine rings is 1. The predicted octanol–water partition coefficient (Wildman–Crippen LogP) is 4.99. The highest BCUT2D eigenvalue weighted by molar-refractivity contribution is 6.09. The Labute approximate surface area is 234 Å². The highest BCUT2D eigenvalue weighted by Gasteiger charge is 2.31. The van der Waals surface area contributed by atoms with E-state index in [4.69, 9.17) is 4.74 Å². The third kappa shape index (κ3) is 7.04. The number of nitrogens with one attached hydrogen (secondary N) is 2. The zero-order valence-corrected chi connectivity index (χ0v) is 23.3. The van der Waals surface area contributed by atoms with Crippen molar-refractivity contribution in [2.45, 2.75) is 64.1 Å². The molecule has 2 N–H and O–H groups in total. The Balaban J connectivity index is 1.42. The number of halogens is 2. The van der Waals surface area contributed by atoms with Gasteiger partial charge in [-0.1, -0.05) is 32.0 Å². The maximum atomic E-state index is 14.9. The fourth-order valence-electron chi connectivity index (χ4n) is 5.47. The highest BCUT2D eigenvalue weighted by Crippen LogP contribution is 2.31. The Morgan fingerprint density at radius 3 is 2.58 bits per heavy atom. The molecule has 1 atom stereocenters. The number of carbonyl (C=O) groups excluding carboxylic acids is 2. The average Bonchev–Trinajstić information content (AvgIpc) is 3.52. The van der Waals surface area contributed by atoms with Crippen molar-refractivity contribution < 1.29 is 23.1 Å². The van der Waals surface area contributed by atoms with Crippen LogP contribution in [0, 0.1) is 23.1 Å². The second-order valence-corrected chi connectivity index (χ2v) is 10.8. The summed E-state index contributed by atoms with van der Waals surface area (Å²) in [5.41, 5.74) is -0.373. The number of nitriles is 1. The van der Waals surface area contributed by atoms with Crippen LogP contribution in [0.2, 0.25) is 0 Å². The van der Waals surface area contributed by atoms with Gasteiger partial charge in [0, 0.05) is 6.54 Å². The van der Waals surface area contributed by atoms with Crippen molar-refractivity contribution in [3.63, 3.8) is 0 Å². The minimum atomic E-state index is -1.14. The first-order valence-corrected chi connectivity index (χ1v) is 14.2. The van der Waals surface area contributed by atoms with Gasteiger partial charge in [-0.15, -0.1) is 0 Å². The molecule has 0 bridgehead atoms. The first-order chi connectivity index (χ1) is 19.3. The van der Waals surface area contributed by atoms with E-state index in [0.29, 0.717) is 56.2 Å². The summed E-state index contributed by atoms with van der Waals surface area (Å²) >= 11 is 0. The summed E-state index contributed by atoms with van der Waals surface area (Å²) in [5.74, 6) is -1.35. The second-order valence-electron chi connectivity index (χ2n) is 10.8. The van der Waals surface area contributed by atoms with E-state index in [-0.39, 0.29) is 16.7 Å². The molecule has 7 nitrogen and oxygen atoms in total. The molecule has 2 aromatic rings. The SMILES string of the molecule is CCC(F)(CC)CN1CCC(COc2ccc(-c3cccc(F)c3C(=O)NC(=O)[C@@H]3CCCN3)cc2C#N)CC1. The summed E-state index contributed by atoms with van der Waals surface area (Å²) in [6.45, 7) is 7.00. The van der Waals surface area contributed by atoms with E-state index >= 15 is 0 Å².